The van der Waals surface area contributed by atoms with Crippen LogP contribution < -0.4 is 0 Å². The summed E-state index contributed by atoms with van der Waals surface area (Å²) in [7, 11) is 0. The van der Waals surface area contributed by atoms with Gasteiger partial charge in [-0.25, -0.2) is 19.9 Å². The summed E-state index contributed by atoms with van der Waals surface area (Å²) < 4.78 is 0.828. The molecular formula is C12H11BrN4S. The van der Waals surface area contributed by atoms with E-state index in [2.05, 4.69) is 35.9 Å². The fourth-order valence-electron chi connectivity index (χ4n) is 1.52. The minimum absolute atomic E-state index is 0.542. The zero-order valence-electron chi connectivity index (χ0n) is 9.80. The van der Waals surface area contributed by atoms with Gasteiger partial charge in [0.25, 0.3) is 0 Å². The molecule has 6 heteroatoms. The Bertz CT molecular complexity index is 569. The van der Waals surface area contributed by atoms with Gasteiger partial charge in [0, 0.05) is 24.4 Å². The van der Waals surface area contributed by atoms with Crippen molar-refractivity contribution in [3.8, 4) is 0 Å². The number of hydrogen-bond donors (Lipinski definition) is 0. The zero-order chi connectivity index (χ0) is 12.5. The molecule has 2 heterocycles. The molecular weight excluding hydrogens is 312 g/mol. The van der Waals surface area contributed by atoms with E-state index in [1.807, 2.05) is 25.4 Å². The summed E-state index contributed by atoms with van der Waals surface area (Å²) in [5.41, 5.74) is 1.06. The summed E-state index contributed by atoms with van der Waals surface area (Å²) in [6.07, 6.45) is 6.02. The predicted molar refractivity (Wildman–Crippen MR) is 72.6 cm³/mol. The van der Waals surface area contributed by atoms with Crippen LogP contribution in [0.15, 0.2) is 33.2 Å². The van der Waals surface area contributed by atoms with Gasteiger partial charge in [0.1, 0.15) is 15.5 Å². The van der Waals surface area contributed by atoms with Crippen LogP contribution in [0.1, 0.15) is 30.1 Å². The van der Waals surface area contributed by atoms with Gasteiger partial charge in [-0.05, 0) is 53.0 Å². The van der Waals surface area contributed by atoms with E-state index >= 15 is 0 Å². The van der Waals surface area contributed by atoms with E-state index in [-0.39, 0.29) is 0 Å². The first-order chi connectivity index (χ1) is 8.70. The third-order valence-electron chi connectivity index (χ3n) is 2.58. The third kappa shape index (κ3) is 2.87. The van der Waals surface area contributed by atoms with Crippen LogP contribution in [0.25, 0.3) is 0 Å². The average molecular weight is 323 g/mol. The summed E-state index contributed by atoms with van der Waals surface area (Å²) in [6.45, 7) is 1.97. The molecule has 1 aliphatic carbocycles. The summed E-state index contributed by atoms with van der Waals surface area (Å²) in [5.74, 6) is 1.47. The van der Waals surface area contributed by atoms with Crippen LogP contribution in [0.5, 0.6) is 0 Å². The van der Waals surface area contributed by atoms with Gasteiger partial charge in [0.05, 0.1) is 0 Å². The summed E-state index contributed by atoms with van der Waals surface area (Å²) >= 11 is 4.90. The fraction of sp³-hybridized carbons (Fsp3) is 0.333. The van der Waals surface area contributed by atoms with Gasteiger partial charge in [0.2, 0.25) is 0 Å². The van der Waals surface area contributed by atoms with Crippen LogP contribution in [0.2, 0.25) is 0 Å². The van der Waals surface area contributed by atoms with E-state index in [1.165, 1.54) is 24.6 Å². The molecule has 1 saturated carbocycles. The molecule has 0 radical (unpaired) electrons. The number of rotatable bonds is 3. The Kier molecular flexibility index (Phi) is 3.30. The largest absolute Gasteiger partial charge is 0.231 e. The molecule has 0 aromatic carbocycles. The lowest BCUT2D eigenvalue weighted by Gasteiger charge is -2.03. The summed E-state index contributed by atoms with van der Waals surface area (Å²) in [4.78, 5) is 17.5. The van der Waals surface area contributed by atoms with Crippen LogP contribution >= 0.6 is 27.7 Å². The molecule has 2 aromatic heterocycles. The van der Waals surface area contributed by atoms with Gasteiger partial charge in [-0.3, -0.25) is 0 Å². The standard InChI is InChI=1S/C12H11BrN4S/c1-7-5-14-12(15-6-7)18-10-4-9(13)16-11(17-10)8-2-3-8/h4-6,8H,2-3H2,1H3. The van der Waals surface area contributed by atoms with Crippen LogP contribution in [-0.2, 0) is 0 Å². The normalized spacial score (nSPS) is 14.8. The maximum Gasteiger partial charge on any atom is 0.193 e. The van der Waals surface area contributed by atoms with Gasteiger partial charge < -0.3 is 0 Å². The highest BCUT2D eigenvalue weighted by Gasteiger charge is 2.27. The maximum atomic E-state index is 4.56. The van der Waals surface area contributed by atoms with Gasteiger partial charge in [-0.1, -0.05) is 0 Å². The molecule has 1 aliphatic rings. The van der Waals surface area contributed by atoms with Crippen LogP contribution in [0, 0.1) is 6.92 Å². The summed E-state index contributed by atoms with van der Waals surface area (Å²) in [5, 5.41) is 1.61. The van der Waals surface area contributed by atoms with Gasteiger partial charge in [-0.15, -0.1) is 0 Å². The maximum absolute atomic E-state index is 4.56. The molecule has 0 spiro atoms. The zero-order valence-corrected chi connectivity index (χ0v) is 12.2. The van der Waals surface area contributed by atoms with Crippen LogP contribution in [-0.4, -0.2) is 19.9 Å². The molecule has 92 valence electrons. The third-order valence-corrected chi connectivity index (χ3v) is 3.80. The second kappa shape index (κ2) is 4.93. The van der Waals surface area contributed by atoms with Crippen LogP contribution in [0.4, 0.5) is 0 Å². The Morgan fingerprint density at radius 3 is 2.61 bits per heavy atom. The molecule has 0 unspecified atom stereocenters. The first kappa shape index (κ1) is 12.0. The van der Waals surface area contributed by atoms with Crippen molar-refractivity contribution >= 4 is 27.7 Å². The Balaban J connectivity index is 1.85. The number of halogens is 1. The SMILES string of the molecule is Cc1cnc(Sc2cc(Br)nc(C3CC3)n2)nc1. The minimum atomic E-state index is 0.542. The van der Waals surface area contributed by atoms with E-state index in [9.17, 15) is 0 Å². The summed E-state index contributed by atoms with van der Waals surface area (Å²) in [6, 6.07) is 1.90. The first-order valence-corrected chi connectivity index (χ1v) is 7.32. The highest BCUT2D eigenvalue weighted by Crippen LogP contribution is 2.39. The monoisotopic (exact) mass is 322 g/mol. The van der Waals surface area contributed by atoms with Crippen molar-refractivity contribution in [2.45, 2.75) is 35.9 Å². The Hall–Kier alpha value is -1.01. The first-order valence-electron chi connectivity index (χ1n) is 5.72. The van der Waals surface area contributed by atoms with Crippen molar-refractivity contribution in [3.63, 3.8) is 0 Å². The molecule has 18 heavy (non-hydrogen) atoms. The lowest BCUT2D eigenvalue weighted by atomic mass is 10.4. The lowest BCUT2D eigenvalue weighted by molar-refractivity contribution is 0.861. The number of hydrogen-bond acceptors (Lipinski definition) is 5. The average Bonchev–Trinajstić information content (AvgIpc) is 3.15. The smallest absolute Gasteiger partial charge is 0.193 e. The van der Waals surface area contributed by atoms with E-state index in [0.717, 1.165) is 21.0 Å². The second-order valence-corrected chi connectivity index (χ2v) is 6.11. The van der Waals surface area contributed by atoms with E-state index < -0.39 is 0 Å². The Labute approximate surface area is 118 Å². The van der Waals surface area contributed by atoms with E-state index in [1.54, 1.807) is 0 Å². The van der Waals surface area contributed by atoms with Crippen LogP contribution in [0.3, 0.4) is 0 Å². The number of aromatic nitrogens is 4. The number of nitrogens with zero attached hydrogens (tertiary/aromatic N) is 4. The quantitative estimate of drug-likeness (QED) is 0.640. The van der Waals surface area contributed by atoms with Crippen molar-refractivity contribution in [3.05, 3.63) is 34.5 Å². The van der Waals surface area contributed by atoms with Gasteiger partial charge >= 0.3 is 0 Å². The molecule has 2 aromatic rings. The van der Waals surface area contributed by atoms with Gasteiger partial charge in [-0.2, -0.15) is 0 Å². The molecule has 0 N–H and O–H groups in total. The second-order valence-electron chi connectivity index (χ2n) is 4.31. The lowest BCUT2D eigenvalue weighted by Crippen LogP contribution is -1.95. The molecule has 4 nitrogen and oxygen atoms in total. The van der Waals surface area contributed by atoms with E-state index in [0.29, 0.717) is 11.1 Å². The molecule has 0 atom stereocenters. The predicted octanol–water partition coefficient (Wildman–Crippen LogP) is 3.37. The highest BCUT2D eigenvalue weighted by atomic mass is 79.9. The van der Waals surface area contributed by atoms with E-state index in [4.69, 9.17) is 0 Å². The Morgan fingerprint density at radius 2 is 1.94 bits per heavy atom. The molecule has 1 fully saturated rings. The van der Waals surface area contributed by atoms with Gasteiger partial charge in [0.15, 0.2) is 5.16 Å². The number of aryl methyl sites for hydroxylation is 1. The molecule has 3 rings (SSSR count). The molecule has 0 bridgehead atoms. The van der Waals surface area contributed by atoms with Crippen molar-refractivity contribution in [1.82, 2.24) is 19.9 Å². The highest BCUT2D eigenvalue weighted by molar-refractivity contribution is 9.10. The fourth-order valence-corrected chi connectivity index (χ4v) is 2.77. The van der Waals surface area contributed by atoms with Crippen molar-refractivity contribution in [1.29, 1.82) is 0 Å². The minimum Gasteiger partial charge on any atom is -0.231 e. The molecule has 0 aliphatic heterocycles. The molecule has 0 amide bonds. The van der Waals surface area contributed by atoms with Crippen molar-refractivity contribution in [2.75, 3.05) is 0 Å². The topological polar surface area (TPSA) is 51.6 Å². The van der Waals surface area contributed by atoms with Crippen molar-refractivity contribution in [2.24, 2.45) is 0 Å². The van der Waals surface area contributed by atoms with Crippen molar-refractivity contribution < 1.29 is 0 Å². The molecule has 0 saturated heterocycles. The Morgan fingerprint density at radius 1 is 1.22 bits per heavy atom.